The van der Waals surface area contributed by atoms with Gasteiger partial charge in [0.1, 0.15) is 11.6 Å². The van der Waals surface area contributed by atoms with E-state index in [9.17, 15) is 18.4 Å². The van der Waals surface area contributed by atoms with Crippen LogP contribution in [-0.2, 0) is 13.0 Å². The van der Waals surface area contributed by atoms with E-state index in [4.69, 9.17) is 5.11 Å². The molecule has 28 heavy (non-hydrogen) atoms. The van der Waals surface area contributed by atoms with E-state index >= 15 is 0 Å². The van der Waals surface area contributed by atoms with Crippen molar-refractivity contribution >= 4 is 11.9 Å². The quantitative estimate of drug-likeness (QED) is 0.683. The monoisotopic (exact) mass is 382 g/mol. The number of rotatable bonds is 6. The van der Waals surface area contributed by atoms with Gasteiger partial charge in [-0.3, -0.25) is 9.78 Å². The maximum atomic E-state index is 13.6. The number of hydrogen-bond donors (Lipinski definition) is 2. The van der Waals surface area contributed by atoms with E-state index in [-0.39, 0.29) is 29.9 Å². The number of nitrogens with zero attached hydrogens (tertiary/aromatic N) is 1. The van der Waals surface area contributed by atoms with E-state index in [1.165, 1.54) is 24.3 Å². The Balaban J connectivity index is 1.74. The van der Waals surface area contributed by atoms with Crippen LogP contribution in [0.15, 0.2) is 60.8 Å². The summed E-state index contributed by atoms with van der Waals surface area (Å²) in [6.07, 6.45) is 1.27. The van der Waals surface area contributed by atoms with Crippen LogP contribution < -0.4 is 5.32 Å². The molecule has 0 aliphatic heterocycles. The molecule has 2 aromatic carbocycles. The second kappa shape index (κ2) is 8.39. The number of nitrogens with one attached hydrogen (secondary N) is 1. The maximum Gasteiger partial charge on any atom is 0.335 e. The standard InChI is InChI=1S/C21H16F2N2O3/c22-16-7-3-13(4-8-16)9-19-18(10-17(23)12-24-19)20(26)25-11-14-1-5-15(6-2-14)21(27)28/h1-8,10,12H,9,11H2,(H,25,26)(H,27,28). The van der Waals surface area contributed by atoms with Crippen molar-refractivity contribution in [2.75, 3.05) is 0 Å². The van der Waals surface area contributed by atoms with E-state index in [1.807, 2.05) is 0 Å². The second-order valence-corrected chi connectivity index (χ2v) is 6.14. The van der Waals surface area contributed by atoms with Crippen LogP contribution in [0.4, 0.5) is 8.78 Å². The smallest absolute Gasteiger partial charge is 0.335 e. The number of pyridine rings is 1. The summed E-state index contributed by atoms with van der Waals surface area (Å²) >= 11 is 0. The molecule has 3 rings (SSSR count). The number of aromatic nitrogens is 1. The molecule has 7 heteroatoms. The first kappa shape index (κ1) is 19.2. The SMILES string of the molecule is O=C(O)c1ccc(CNC(=O)c2cc(F)cnc2Cc2ccc(F)cc2)cc1. The van der Waals surface area contributed by atoms with Crippen LogP contribution in [0.1, 0.15) is 37.5 Å². The predicted octanol–water partition coefficient (Wildman–Crippen LogP) is 3.58. The fourth-order valence-corrected chi connectivity index (χ4v) is 2.64. The van der Waals surface area contributed by atoms with E-state index in [0.717, 1.165) is 17.8 Å². The molecular weight excluding hydrogens is 366 g/mol. The summed E-state index contributed by atoms with van der Waals surface area (Å²) in [5.41, 5.74) is 2.03. The number of carboxylic acids is 1. The largest absolute Gasteiger partial charge is 0.478 e. The Hall–Kier alpha value is -3.61. The van der Waals surface area contributed by atoms with Crippen molar-refractivity contribution in [2.45, 2.75) is 13.0 Å². The Bertz CT molecular complexity index is 1000. The summed E-state index contributed by atoms with van der Waals surface area (Å²) in [5.74, 6) is -2.56. The molecule has 1 heterocycles. The number of hydrogen-bond acceptors (Lipinski definition) is 3. The molecule has 5 nitrogen and oxygen atoms in total. The molecule has 0 atom stereocenters. The van der Waals surface area contributed by atoms with Gasteiger partial charge in [0.2, 0.25) is 0 Å². The summed E-state index contributed by atoms with van der Waals surface area (Å²) in [4.78, 5) is 27.4. The highest BCUT2D eigenvalue weighted by Crippen LogP contribution is 2.15. The summed E-state index contributed by atoms with van der Waals surface area (Å²) in [6.45, 7) is 0.144. The van der Waals surface area contributed by atoms with Gasteiger partial charge in [-0.15, -0.1) is 0 Å². The Labute approximate surface area is 159 Å². The van der Waals surface area contributed by atoms with Gasteiger partial charge in [0.05, 0.1) is 23.0 Å². The van der Waals surface area contributed by atoms with Crippen LogP contribution in [0.3, 0.4) is 0 Å². The number of carbonyl (C=O) groups is 2. The molecule has 0 aliphatic carbocycles. The lowest BCUT2D eigenvalue weighted by Gasteiger charge is -2.10. The van der Waals surface area contributed by atoms with Crippen molar-refractivity contribution in [2.24, 2.45) is 0 Å². The van der Waals surface area contributed by atoms with Gasteiger partial charge >= 0.3 is 5.97 Å². The van der Waals surface area contributed by atoms with Gasteiger partial charge in [-0.25, -0.2) is 13.6 Å². The van der Waals surface area contributed by atoms with Gasteiger partial charge in [-0.1, -0.05) is 24.3 Å². The molecule has 0 fully saturated rings. The molecule has 0 saturated carbocycles. The minimum Gasteiger partial charge on any atom is -0.478 e. The number of aromatic carboxylic acids is 1. The molecule has 1 aromatic heterocycles. The van der Waals surface area contributed by atoms with E-state index in [1.54, 1.807) is 24.3 Å². The van der Waals surface area contributed by atoms with Crippen LogP contribution in [0.2, 0.25) is 0 Å². The minimum atomic E-state index is -1.04. The maximum absolute atomic E-state index is 13.6. The number of carboxylic acid groups (broad SMARTS) is 1. The highest BCUT2D eigenvalue weighted by Gasteiger charge is 2.15. The summed E-state index contributed by atoms with van der Waals surface area (Å²) in [5, 5.41) is 11.6. The third-order valence-electron chi connectivity index (χ3n) is 4.12. The van der Waals surface area contributed by atoms with Gasteiger partial charge in [0.25, 0.3) is 5.91 Å². The molecule has 2 N–H and O–H groups in total. The van der Waals surface area contributed by atoms with Gasteiger partial charge in [0, 0.05) is 13.0 Å². The number of amides is 1. The van der Waals surface area contributed by atoms with Crippen molar-refractivity contribution in [1.82, 2.24) is 10.3 Å². The van der Waals surface area contributed by atoms with Gasteiger partial charge in [-0.2, -0.15) is 0 Å². The van der Waals surface area contributed by atoms with E-state index < -0.39 is 17.7 Å². The lowest BCUT2D eigenvalue weighted by atomic mass is 10.0. The number of benzene rings is 2. The molecule has 0 radical (unpaired) electrons. The highest BCUT2D eigenvalue weighted by atomic mass is 19.1. The van der Waals surface area contributed by atoms with Crippen LogP contribution in [-0.4, -0.2) is 22.0 Å². The molecule has 0 unspecified atom stereocenters. The fourth-order valence-electron chi connectivity index (χ4n) is 2.64. The van der Waals surface area contributed by atoms with E-state index in [2.05, 4.69) is 10.3 Å². The van der Waals surface area contributed by atoms with Gasteiger partial charge < -0.3 is 10.4 Å². The molecule has 3 aromatic rings. The van der Waals surface area contributed by atoms with Crippen molar-refractivity contribution < 1.29 is 23.5 Å². The first-order chi connectivity index (χ1) is 13.4. The summed E-state index contributed by atoms with van der Waals surface area (Å²) in [7, 11) is 0. The normalized spacial score (nSPS) is 10.5. The predicted molar refractivity (Wildman–Crippen MR) is 98.0 cm³/mol. The third kappa shape index (κ3) is 4.76. The first-order valence-electron chi connectivity index (χ1n) is 8.41. The Morgan fingerprint density at radius 3 is 2.21 bits per heavy atom. The number of halogens is 2. The average Bonchev–Trinajstić information content (AvgIpc) is 2.69. The zero-order chi connectivity index (χ0) is 20.1. The van der Waals surface area contributed by atoms with Crippen LogP contribution in [0.25, 0.3) is 0 Å². The molecular formula is C21H16F2N2O3. The van der Waals surface area contributed by atoms with Crippen molar-refractivity contribution in [3.63, 3.8) is 0 Å². The molecule has 0 bridgehead atoms. The second-order valence-electron chi connectivity index (χ2n) is 6.14. The molecule has 142 valence electrons. The highest BCUT2D eigenvalue weighted by molar-refractivity contribution is 5.95. The topological polar surface area (TPSA) is 79.3 Å². The third-order valence-corrected chi connectivity index (χ3v) is 4.12. The van der Waals surface area contributed by atoms with Crippen LogP contribution >= 0.6 is 0 Å². The minimum absolute atomic E-state index is 0.0893. The fraction of sp³-hybridized carbons (Fsp3) is 0.0952. The number of carbonyl (C=O) groups excluding carboxylic acids is 1. The summed E-state index contributed by atoms with van der Waals surface area (Å²) < 4.78 is 26.7. The Morgan fingerprint density at radius 2 is 1.57 bits per heavy atom. The summed E-state index contributed by atoms with van der Waals surface area (Å²) in [6, 6.07) is 12.9. The van der Waals surface area contributed by atoms with Crippen molar-refractivity contribution in [3.8, 4) is 0 Å². The zero-order valence-electron chi connectivity index (χ0n) is 14.7. The molecule has 1 amide bonds. The Kier molecular flexibility index (Phi) is 5.74. The van der Waals surface area contributed by atoms with Crippen LogP contribution in [0.5, 0.6) is 0 Å². The van der Waals surface area contributed by atoms with Crippen LogP contribution in [0, 0.1) is 11.6 Å². The molecule has 0 spiro atoms. The van der Waals surface area contributed by atoms with Gasteiger partial charge in [-0.05, 0) is 41.5 Å². The van der Waals surface area contributed by atoms with Crippen molar-refractivity contribution in [1.29, 1.82) is 0 Å². The Morgan fingerprint density at radius 1 is 0.929 bits per heavy atom. The zero-order valence-corrected chi connectivity index (χ0v) is 14.7. The van der Waals surface area contributed by atoms with Gasteiger partial charge in [0.15, 0.2) is 0 Å². The lowest BCUT2D eigenvalue weighted by Crippen LogP contribution is -2.24. The average molecular weight is 382 g/mol. The first-order valence-corrected chi connectivity index (χ1v) is 8.41. The molecule has 0 aliphatic rings. The van der Waals surface area contributed by atoms with Crippen molar-refractivity contribution in [3.05, 3.63) is 100 Å². The lowest BCUT2D eigenvalue weighted by molar-refractivity contribution is 0.0696. The van der Waals surface area contributed by atoms with E-state index in [0.29, 0.717) is 11.3 Å². The molecule has 0 saturated heterocycles.